The number of carbonyl (C=O) groups excluding carboxylic acids is 2. The molecule has 0 unspecified atom stereocenters. The third-order valence-electron chi connectivity index (χ3n) is 6.56. The highest BCUT2D eigenvalue weighted by Gasteiger charge is 2.53. The van der Waals surface area contributed by atoms with Crippen LogP contribution in [0.25, 0.3) is 0 Å². The zero-order valence-corrected chi connectivity index (χ0v) is 20.6. The fourth-order valence-electron chi connectivity index (χ4n) is 4.74. The standard InChI is InChI=1S/C25H37NO5S/c1-5-26-22(17-32-24(26)28)25(29-4)16-21-15-20(31-25)13-12-18(2)10-8-6-7-9-11-19(3)14-23(27)30-21/h6-8,10,14,18,20-22H,5,9,11-13,15-17H2,1-4H3/b7-6+,10-8-,19-14-/t18-,20-,21-,22+,25-/m1/s1. The highest BCUT2D eigenvalue weighted by Crippen LogP contribution is 2.42. The van der Waals surface area contributed by atoms with E-state index in [2.05, 4.69) is 31.2 Å². The summed E-state index contributed by atoms with van der Waals surface area (Å²) in [5, 5.41) is 0.0491. The maximum atomic E-state index is 12.7. The Kier molecular flexibility index (Phi) is 9.03. The fourth-order valence-corrected chi connectivity index (χ4v) is 5.90. The first-order valence-electron chi connectivity index (χ1n) is 11.7. The average Bonchev–Trinajstić information content (AvgIpc) is 3.14. The van der Waals surface area contributed by atoms with E-state index in [0.717, 1.165) is 31.3 Å². The van der Waals surface area contributed by atoms with Gasteiger partial charge in [-0.25, -0.2) is 4.79 Å². The summed E-state index contributed by atoms with van der Waals surface area (Å²) in [7, 11) is 1.64. The Morgan fingerprint density at radius 3 is 2.81 bits per heavy atom. The number of esters is 1. The molecule has 0 aromatic carbocycles. The van der Waals surface area contributed by atoms with Crippen LogP contribution in [0, 0.1) is 5.92 Å². The van der Waals surface area contributed by atoms with Crippen molar-refractivity contribution in [2.45, 2.75) is 83.3 Å². The van der Waals surface area contributed by atoms with Gasteiger partial charge in [0.15, 0.2) is 5.79 Å². The van der Waals surface area contributed by atoms with Gasteiger partial charge in [-0.2, -0.15) is 0 Å². The number of amides is 1. The summed E-state index contributed by atoms with van der Waals surface area (Å²) >= 11 is 1.30. The minimum Gasteiger partial charge on any atom is -0.459 e. The molecule has 3 heterocycles. The molecular formula is C25H37NO5S. The monoisotopic (exact) mass is 463 g/mol. The number of likely N-dealkylation sites (N-methyl/N-ethyl adjacent to an activating group) is 1. The molecule has 7 heteroatoms. The minimum absolute atomic E-state index is 0.0491. The predicted molar refractivity (Wildman–Crippen MR) is 127 cm³/mol. The van der Waals surface area contributed by atoms with Crippen LogP contribution in [0.3, 0.4) is 0 Å². The quantitative estimate of drug-likeness (QED) is 0.533. The molecule has 0 aliphatic carbocycles. The van der Waals surface area contributed by atoms with E-state index in [1.807, 2.05) is 18.7 Å². The van der Waals surface area contributed by atoms with E-state index in [1.54, 1.807) is 13.2 Å². The van der Waals surface area contributed by atoms with Gasteiger partial charge in [-0.3, -0.25) is 4.79 Å². The van der Waals surface area contributed by atoms with Gasteiger partial charge in [0.2, 0.25) is 0 Å². The van der Waals surface area contributed by atoms with E-state index >= 15 is 0 Å². The van der Waals surface area contributed by atoms with Gasteiger partial charge in [-0.05, 0) is 45.4 Å². The number of rotatable bonds is 3. The molecule has 5 atom stereocenters. The summed E-state index contributed by atoms with van der Waals surface area (Å²) in [6.07, 6.45) is 14.3. The Morgan fingerprint density at radius 1 is 1.25 bits per heavy atom. The first kappa shape index (κ1) is 25.1. The van der Waals surface area contributed by atoms with E-state index in [1.165, 1.54) is 11.8 Å². The third-order valence-corrected chi connectivity index (χ3v) is 7.52. The molecule has 178 valence electrons. The number of fused-ring (bicyclic) bond motifs is 2. The molecule has 1 amide bonds. The summed E-state index contributed by atoms with van der Waals surface area (Å²) in [5.41, 5.74) is 1.00. The van der Waals surface area contributed by atoms with Crippen LogP contribution in [0.1, 0.15) is 59.3 Å². The van der Waals surface area contributed by atoms with Gasteiger partial charge >= 0.3 is 5.97 Å². The normalized spacial score (nSPS) is 38.6. The van der Waals surface area contributed by atoms with Gasteiger partial charge in [0.1, 0.15) is 6.10 Å². The largest absolute Gasteiger partial charge is 0.459 e. The molecule has 3 rings (SSSR count). The van der Waals surface area contributed by atoms with Crippen molar-refractivity contribution in [1.82, 2.24) is 4.90 Å². The van der Waals surface area contributed by atoms with Crippen LogP contribution in [0.4, 0.5) is 4.79 Å². The summed E-state index contributed by atoms with van der Waals surface area (Å²) in [6, 6.07) is -0.204. The molecule has 3 aliphatic heterocycles. The fraction of sp³-hybridized carbons (Fsp3) is 0.680. The number of allylic oxidation sites excluding steroid dienone is 5. The molecular weight excluding hydrogens is 426 g/mol. The Balaban J connectivity index is 1.87. The number of hydrogen-bond donors (Lipinski definition) is 0. The number of hydrogen-bond acceptors (Lipinski definition) is 6. The van der Waals surface area contributed by atoms with Crippen molar-refractivity contribution in [3.63, 3.8) is 0 Å². The molecule has 0 saturated carbocycles. The summed E-state index contributed by atoms with van der Waals surface area (Å²) < 4.78 is 18.5. The lowest BCUT2D eigenvalue weighted by atomic mass is 9.89. The summed E-state index contributed by atoms with van der Waals surface area (Å²) in [4.78, 5) is 26.9. The SMILES string of the molecule is CCN1C(=O)SC[C@H]1[C@@]1(OC)C[C@H]2C[C@@H](CC[C@H](C)/C=C\C=C\CC/C(C)=C\C(=O)O2)O1. The van der Waals surface area contributed by atoms with Crippen LogP contribution in [0.2, 0.25) is 0 Å². The Hall–Kier alpha value is -1.57. The van der Waals surface area contributed by atoms with Crippen molar-refractivity contribution in [2.24, 2.45) is 5.92 Å². The zero-order valence-electron chi connectivity index (χ0n) is 19.7. The van der Waals surface area contributed by atoms with Crippen LogP contribution in [0.5, 0.6) is 0 Å². The lowest BCUT2D eigenvalue weighted by Gasteiger charge is -2.48. The van der Waals surface area contributed by atoms with Crippen LogP contribution < -0.4 is 0 Å². The molecule has 2 saturated heterocycles. The van der Waals surface area contributed by atoms with Crippen LogP contribution in [-0.2, 0) is 19.0 Å². The number of carbonyl (C=O) groups is 2. The number of methoxy groups -OCH3 is 1. The van der Waals surface area contributed by atoms with Crippen molar-refractivity contribution in [1.29, 1.82) is 0 Å². The van der Waals surface area contributed by atoms with Crippen molar-refractivity contribution in [2.75, 3.05) is 19.4 Å². The first-order valence-corrected chi connectivity index (χ1v) is 12.7. The number of thioether (sulfide) groups is 1. The molecule has 2 fully saturated rings. The molecule has 3 aliphatic rings. The second kappa shape index (κ2) is 11.5. The van der Waals surface area contributed by atoms with Crippen molar-refractivity contribution in [3.8, 4) is 0 Å². The smallest absolute Gasteiger partial charge is 0.330 e. The van der Waals surface area contributed by atoms with E-state index in [0.29, 0.717) is 31.1 Å². The van der Waals surface area contributed by atoms with Gasteiger partial charge in [0.05, 0.1) is 12.1 Å². The topological polar surface area (TPSA) is 65.1 Å². The van der Waals surface area contributed by atoms with E-state index in [4.69, 9.17) is 14.2 Å². The lowest BCUT2D eigenvalue weighted by molar-refractivity contribution is -0.305. The van der Waals surface area contributed by atoms with Gasteiger partial charge < -0.3 is 19.1 Å². The van der Waals surface area contributed by atoms with Crippen LogP contribution >= 0.6 is 11.8 Å². The van der Waals surface area contributed by atoms with E-state index < -0.39 is 5.79 Å². The number of ether oxygens (including phenoxy) is 3. The molecule has 0 aromatic heterocycles. The first-order chi connectivity index (χ1) is 15.4. The maximum absolute atomic E-state index is 12.7. The van der Waals surface area contributed by atoms with Crippen molar-refractivity contribution < 1.29 is 23.8 Å². The summed E-state index contributed by atoms with van der Waals surface area (Å²) in [6.45, 7) is 6.73. The van der Waals surface area contributed by atoms with Gasteiger partial charge in [0, 0.05) is 38.3 Å². The maximum Gasteiger partial charge on any atom is 0.330 e. The lowest BCUT2D eigenvalue weighted by Crippen LogP contribution is -2.60. The molecule has 6 nitrogen and oxygen atoms in total. The predicted octanol–water partition coefficient (Wildman–Crippen LogP) is 5.25. The molecule has 2 bridgehead atoms. The highest BCUT2D eigenvalue weighted by molar-refractivity contribution is 8.13. The van der Waals surface area contributed by atoms with E-state index in [-0.39, 0.29) is 29.5 Å². The Bertz CT molecular complexity index is 763. The average molecular weight is 464 g/mol. The Labute approximate surface area is 196 Å². The second-order valence-corrected chi connectivity index (χ2v) is 10.0. The molecule has 0 N–H and O–H groups in total. The summed E-state index contributed by atoms with van der Waals surface area (Å²) in [5.74, 6) is -0.270. The van der Waals surface area contributed by atoms with Crippen LogP contribution in [-0.4, -0.2) is 59.6 Å². The van der Waals surface area contributed by atoms with Gasteiger partial charge in [0.25, 0.3) is 5.24 Å². The van der Waals surface area contributed by atoms with Crippen LogP contribution in [0.15, 0.2) is 36.0 Å². The van der Waals surface area contributed by atoms with Crippen molar-refractivity contribution in [3.05, 3.63) is 36.0 Å². The molecule has 0 aromatic rings. The Morgan fingerprint density at radius 2 is 2.06 bits per heavy atom. The second-order valence-electron chi connectivity index (χ2n) is 9.03. The van der Waals surface area contributed by atoms with E-state index in [9.17, 15) is 9.59 Å². The van der Waals surface area contributed by atoms with Gasteiger partial charge in [-0.1, -0.05) is 48.6 Å². The minimum atomic E-state index is -0.977. The van der Waals surface area contributed by atoms with Crippen molar-refractivity contribution >= 4 is 23.0 Å². The zero-order chi connectivity index (χ0) is 23.1. The van der Waals surface area contributed by atoms with Gasteiger partial charge in [-0.15, -0.1) is 0 Å². The number of nitrogens with zero attached hydrogens (tertiary/aromatic N) is 1. The molecule has 0 spiro atoms. The molecule has 32 heavy (non-hydrogen) atoms. The highest BCUT2D eigenvalue weighted by atomic mass is 32.2. The third kappa shape index (κ3) is 6.27. The molecule has 0 radical (unpaired) electrons.